The van der Waals surface area contributed by atoms with Crippen molar-refractivity contribution in [1.29, 1.82) is 0 Å². The number of rotatable bonds is 2. The molecule has 5 heteroatoms. The van der Waals surface area contributed by atoms with Crippen molar-refractivity contribution < 1.29 is 4.79 Å². The number of piperidine rings is 1. The van der Waals surface area contributed by atoms with Gasteiger partial charge in [-0.15, -0.1) is 11.3 Å². The average molecular weight is 261 g/mol. The highest BCUT2D eigenvalue weighted by atomic mass is 32.1. The minimum atomic E-state index is -0.374. The van der Waals surface area contributed by atoms with E-state index in [1.165, 1.54) is 11.3 Å². The Balaban J connectivity index is 1.96. The molecule has 0 aromatic carbocycles. The van der Waals surface area contributed by atoms with E-state index in [2.05, 4.69) is 16.4 Å². The van der Waals surface area contributed by atoms with E-state index in [9.17, 15) is 4.79 Å². The van der Waals surface area contributed by atoms with Gasteiger partial charge in [0.05, 0.1) is 4.88 Å². The Kier molecular flexibility index (Phi) is 3.01. The monoisotopic (exact) mass is 261 g/mol. The average Bonchev–Trinajstić information content (AvgIpc) is 2.82. The van der Waals surface area contributed by atoms with Gasteiger partial charge in [0, 0.05) is 17.0 Å². The molecule has 1 amide bonds. The Bertz CT molecular complexity index is 587. The zero-order chi connectivity index (χ0) is 12.5. The third-order valence-electron chi connectivity index (χ3n) is 3.40. The number of thiophene rings is 1. The minimum Gasteiger partial charge on any atom is -0.365 e. The number of amides is 1. The molecule has 2 aromatic rings. The lowest BCUT2D eigenvalue weighted by atomic mass is 9.94. The molecule has 94 valence electrons. The fourth-order valence-corrected chi connectivity index (χ4v) is 3.29. The van der Waals surface area contributed by atoms with E-state index < -0.39 is 0 Å². The van der Waals surface area contributed by atoms with Crippen LogP contribution in [0.1, 0.15) is 34.1 Å². The zero-order valence-corrected chi connectivity index (χ0v) is 10.8. The molecule has 0 spiro atoms. The van der Waals surface area contributed by atoms with Gasteiger partial charge in [-0.3, -0.25) is 4.79 Å². The van der Waals surface area contributed by atoms with Crippen LogP contribution in [-0.4, -0.2) is 24.0 Å². The van der Waals surface area contributed by atoms with Crippen LogP contribution in [0.3, 0.4) is 0 Å². The molecule has 1 aliphatic rings. The van der Waals surface area contributed by atoms with Crippen molar-refractivity contribution in [3.05, 3.63) is 28.8 Å². The number of primary amides is 1. The molecule has 0 saturated carbocycles. The normalized spacial score (nSPS) is 17.1. The van der Waals surface area contributed by atoms with E-state index in [1.807, 2.05) is 12.1 Å². The Morgan fingerprint density at radius 2 is 2.17 bits per heavy atom. The van der Waals surface area contributed by atoms with Crippen LogP contribution in [0.5, 0.6) is 0 Å². The molecule has 3 heterocycles. The summed E-state index contributed by atoms with van der Waals surface area (Å²) < 4.78 is 0. The molecule has 0 atom stereocenters. The molecule has 0 unspecified atom stereocenters. The molecule has 1 fully saturated rings. The van der Waals surface area contributed by atoms with Crippen LogP contribution in [0.15, 0.2) is 18.2 Å². The molecule has 2 aromatic heterocycles. The standard InChI is InChI=1S/C13H15N3OS/c14-12(17)11-7-9-1-2-10(16-13(9)18-11)8-3-5-15-6-4-8/h1-2,7-8,15H,3-6H2,(H2,14,17). The summed E-state index contributed by atoms with van der Waals surface area (Å²) in [5.41, 5.74) is 6.43. The highest BCUT2D eigenvalue weighted by molar-refractivity contribution is 7.20. The number of hydrogen-bond donors (Lipinski definition) is 2. The second-order valence-corrected chi connectivity index (χ2v) is 5.66. The van der Waals surface area contributed by atoms with Crippen LogP contribution in [0.2, 0.25) is 0 Å². The van der Waals surface area contributed by atoms with Gasteiger partial charge in [0.1, 0.15) is 4.83 Å². The third-order valence-corrected chi connectivity index (χ3v) is 4.46. The van der Waals surface area contributed by atoms with E-state index in [4.69, 9.17) is 5.73 Å². The maximum Gasteiger partial charge on any atom is 0.258 e. The predicted octanol–water partition coefficient (Wildman–Crippen LogP) is 1.86. The largest absolute Gasteiger partial charge is 0.365 e. The van der Waals surface area contributed by atoms with Crippen LogP contribution in [0.25, 0.3) is 10.2 Å². The molecule has 4 nitrogen and oxygen atoms in total. The maximum absolute atomic E-state index is 11.2. The van der Waals surface area contributed by atoms with Gasteiger partial charge in [-0.2, -0.15) is 0 Å². The van der Waals surface area contributed by atoms with Gasteiger partial charge < -0.3 is 11.1 Å². The van der Waals surface area contributed by atoms with E-state index in [0.29, 0.717) is 10.8 Å². The number of hydrogen-bond acceptors (Lipinski definition) is 4. The topological polar surface area (TPSA) is 68.0 Å². The van der Waals surface area contributed by atoms with E-state index >= 15 is 0 Å². The lowest BCUT2D eigenvalue weighted by molar-refractivity contribution is 0.100. The molecule has 0 bridgehead atoms. The van der Waals surface area contributed by atoms with Crippen LogP contribution >= 0.6 is 11.3 Å². The Hall–Kier alpha value is -1.46. The SMILES string of the molecule is NC(=O)c1cc2ccc(C3CCNCC3)nc2s1. The van der Waals surface area contributed by atoms with Gasteiger partial charge in [0.25, 0.3) is 5.91 Å². The molecule has 18 heavy (non-hydrogen) atoms. The number of fused-ring (bicyclic) bond motifs is 1. The molecule has 3 N–H and O–H groups in total. The summed E-state index contributed by atoms with van der Waals surface area (Å²) >= 11 is 1.38. The van der Waals surface area contributed by atoms with Gasteiger partial charge in [0.15, 0.2) is 0 Å². The molecule has 1 saturated heterocycles. The Labute approximate surface area is 109 Å². The van der Waals surface area contributed by atoms with Crippen molar-refractivity contribution in [3.63, 3.8) is 0 Å². The highest BCUT2D eigenvalue weighted by Crippen LogP contribution is 2.29. The van der Waals surface area contributed by atoms with Gasteiger partial charge in [-0.05, 0) is 38.1 Å². The summed E-state index contributed by atoms with van der Waals surface area (Å²) in [7, 11) is 0. The summed E-state index contributed by atoms with van der Waals surface area (Å²) in [6, 6.07) is 5.94. The summed E-state index contributed by atoms with van der Waals surface area (Å²) in [5.74, 6) is 0.163. The van der Waals surface area contributed by atoms with Crippen LogP contribution in [-0.2, 0) is 0 Å². The summed E-state index contributed by atoms with van der Waals surface area (Å²) in [6.45, 7) is 2.11. The summed E-state index contributed by atoms with van der Waals surface area (Å²) in [5, 5.41) is 4.36. The first-order valence-electron chi connectivity index (χ1n) is 6.15. The number of nitrogens with one attached hydrogen (secondary N) is 1. The fourth-order valence-electron chi connectivity index (χ4n) is 2.40. The summed E-state index contributed by atoms with van der Waals surface area (Å²) in [6.07, 6.45) is 2.26. The van der Waals surface area contributed by atoms with E-state index in [1.54, 1.807) is 0 Å². The molecular formula is C13H15N3OS. The quantitative estimate of drug-likeness (QED) is 0.867. The Morgan fingerprint density at radius 3 is 2.89 bits per heavy atom. The first-order valence-corrected chi connectivity index (χ1v) is 6.97. The smallest absolute Gasteiger partial charge is 0.258 e. The lowest BCUT2D eigenvalue weighted by Crippen LogP contribution is -2.26. The van der Waals surface area contributed by atoms with Gasteiger partial charge in [-0.25, -0.2) is 4.98 Å². The fraction of sp³-hybridized carbons (Fsp3) is 0.385. The van der Waals surface area contributed by atoms with E-state index in [-0.39, 0.29) is 5.91 Å². The molecule has 3 rings (SSSR count). The van der Waals surface area contributed by atoms with Crippen molar-refractivity contribution >= 4 is 27.5 Å². The first-order chi connectivity index (χ1) is 8.74. The van der Waals surface area contributed by atoms with Gasteiger partial charge in [0.2, 0.25) is 0 Å². The Morgan fingerprint density at radius 1 is 1.39 bits per heavy atom. The van der Waals surface area contributed by atoms with Gasteiger partial charge in [-0.1, -0.05) is 6.07 Å². The van der Waals surface area contributed by atoms with Crippen LogP contribution in [0.4, 0.5) is 0 Å². The molecule has 0 aliphatic carbocycles. The van der Waals surface area contributed by atoms with Crippen molar-refractivity contribution in [1.82, 2.24) is 10.3 Å². The van der Waals surface area contributed by atoms with Crippen molar-refractivity contribution in [2.45, 2.75) is 18.8 Å². The van der Waals surface area contributed by atoms with Crippen LogP contribution < -0.4 is 11.1 Å². The van der Waals surface area contributed by atoms with Crippen molar-refractivity contribution in [3.8, 4) is 0 Å². The minimum absolute atomic E-state index is 0.374. The lowest BCUT2D eigenvalue weighted by Gasteiger charge is -2.21. The second kappa shape index (κ2) is 4.66. The second-order valence-electron chi connectivity index (χ2n) is 4.63. The first kappa shape index (κ1) is 11.6. The third kappa shape index (κ3) is 2.11. The zero-order valence-electron chi connectivity index (χ0n) is 9.98. The number of nitrogens with zero attached hydrogens (tertiary/aromatic N) is 1. The predicted molar refractivity (Wildman–Crippen MR) is 73.0 cm³/mol. The maximum atomic E-state index is 11.2. The molecule has 0 radical (unpaired) electrons. The van der Waals surface area contributed by atoms with Crippen molar-refractivity contribution in [2.75, 3.05) is 13.1 Å². The number of nitrogens with two attached hydrogens (primary N) is 1. The number of carbonyl (C=O) groups is 1. The number of aromatic nitrogens is 1. The molecule has 1 aliphatic heterocycles. The summed E-state index contributed by atoms with van der Waals surface area (Å²) in [4.78, 5) is 17.3. The van der Waals surface area contributed by atoms with E-state index in [0.717, 1.165) is 41.8 Å². The number of carbonyl (C=O) groups excluding carboxylic acids is 1. The highest BCUT2D eigenvalue weighted by Gasteiger charge is 2.17. The number of pyridine rings is 1. The van der Waals surface area contributed by atoms with Crippen LogP contribution in [0, 0.1) is 0 Å². The molecular weight excluding hydrogens is 246 g/mol. The van der Waals surface area contributed by atoms with Crippen molar-refractivity contribution in [2.24, 2.45) is 5.73 Å². The van der Waals surface area contributed by atoms with Gasteiger partial charge >= 0.3 is 0 Å².